The molecule has 3 amide bonds. The van der Waals surface area contributed by atoms with E-state index in [1.807, 2.05) is 12.1 Å². The first-order chi connectivity index (χ1) is 14.6. The molecule has 0 saturated carbocycles. The summed E-state index contributed by atoms with van der Waals surface area (Å²) in [7, 11) is 2.13. The molecule has 2 aromatic rings. The minimum Gasteiger partial charge on any atom is -0.351 e. The largest absolute Gasteiger partial charge is 0.351 e. The second-order valence-corrected chi connectivity index (χ2v) is 8.03. The number of rotatable bonds is 5. The summed E-state index contributed by atoms with van der Waals surface area (Å²) in [6.07, 6.45) is 0. The van der Waals surface area contributed by atoms with Crippen molar-refractivity contribution in [1.29, 1.82) is 0 Å². The molecule has 2 aromatic carbocycles. The van der Waals surface area contributed by atoms with E-state index in [1.165, 1.54) is 11.1 Å². The number of amides is 3. The Bertz CT molecular complexity index is 866. The first-order valence-corrected chi connectivity index (χ1v) is 10.5. The normalized spacial score (nSPS) is 16.9. The Morgan fingerprint density at radius 2 is 1.53 bits per heavy atom. The van der Waals surface area contributed by atoms with Crippen LogP contribution in [0.25, 0.3) is 0 Å². The topological polar surface area (TPSA) is 67.9 Å². The summed E-state index contributed by atoms with van der Waals surface area (Å²) < 4.78 is 0. The maximum Gasteiger partial charge on any atom is 0.322 e. The van der Waals surface area contributed by atoms with Gasteiger partial charge in [0.2, 0.25) is 0 Å². The third-order valence-corrected chi connectivity index (χ3v) is 5.84. The number of anilines is 1. The van der Waals surface area contributed by atoms with Crippen molar-refractivity contribution in [1.82, 2.24) is 20.0 Å². The first kappa shape index (κ1) is 20.4. The molecular weight excluding hydrogens is 378 g/mol. The maximum absolute atomic E-state index is 12.5. The number of nitrogens with zero attached hydrogens (tertiary/aromatic N) is 3. The molecule has 2 aliphatic heterocycles. The lowest BCUT2D eigenvalue weighted by Gasteiger charge is -2.32. The van der Waals surface area contributed by atoms with Gasteiger partial charge in [-0.3, -0.25) is 9.69 Å². The van der Waals surface area contributed by atoms with Gasteiger partial charge in [0.05, 0.1) is 0 Å². The van der Waals surface area contributed by atoms with Crippen LogP contribution in [0.1, 0.15) is 21.5 Å². The quantitative estimate of drug-likeness (QED) is 0.798. The van der Waals surface area contributed by atoms with Crippen LogP contribution in [0.4, 0.5) is 10.5 Å². The molecule has 0 bridgehead atoms. The van der Waals surface area contributed by atoms with E-state index in [2.05, 4.69) is 39.6 Å². The Morgan fingerprint density at radius 1 is 0.900 bits per heavy atom. The molecule has 1 saturated heterocycles. The first-order valence-electron chi connectivity index (χ1n) is 10.5. The number of carbonyl (C=O) groups excluding carboxylic acids is 2. The van der Waals surface area contributed by atoms with Crippen molar-refractivity contribution in [3.05, 3.63) is 65.2 Å². The van der Waals surface area contributed by atoms with Gasteiger partial charge < -0.3 is 20.4 Å². The van der Waals surface area contributed by atoms with Crippen LogP contribution in [0.5, 0.6) is 0 Å². The van der Waals surface area contributed by atoms with Crippen LogP contribution >= 0.6 is 0 Å². The molecule has 2 aliphatic rings. The highest BCUT2D eigenvalue weighted by Gasteiger charge is 2.22. The second kappa shape index (κ2) is 9.28. The van der Waals surface area contributed by atoms with Crippen molar-refractivity contribution in [3.63, 3.8) is 0 Å². The number of nitrogens with one attached hydrogen (secondary N) is 2. The standard InChI is InChI=1S/C23H29N5O2/c1-26-12-14-27(15-13-26)11-10-24-22(29)18-6-8-21(9-7-18)25-23(30)28-16-19-4-2-3-5-20(19)17-28/h2-9H,10-17H2,1H3,(H,24,29)(H,25,30). The highest BCUT2D eigenvalue weighted by molar-refractivity contribution is 5.95. The van der Waals surface area contributed by atoms with Crippen LogP contribution < -0.4 is 10.6 Å². The molecule has 0 radical (unpaired) electrons. The molecule has 0 unspecified atom stereocenters. The van der Waals surface area contributed by atoms with E-state index in [-0.39, 0.29) is 11.9 Å². The number of piperazine rings is 1. The van der Waals surface area contributed by atoms with E-state index in [9.17, 15) is 9.59 Å². The maximum atomic E-state index is 12.5. The predicted octanol–water partition coefficient (Wildman–Crippen LogP) is 2.21. The Morgan fingerprint density at radius 3 is 2.17 bits per heavy atom. The van der Waals surface area contributed by atoms with E-state index in [0.29, 0.717) is 30.9 Å². The third-order valence-electron chi connectivity index (χ3n) is 5.84. The molecule has 7 heteroatoms. The summed E-state index contributed by atoms with van der Waals surface area (Å²) in [6, 6.07) is 15.0. The van der Waals surface area contributed by atoms with E-state index >= 15 is 0 Å². The van der Waals surface area contributed by atoms with Gasteiger partial charge in [-0.25, -0.2) is 4.79 Å². The van der Waals surface area contributed by atoms with Crippen molar-refractivity contribution < 1.29 is 9.59 Å². The minimum atomic E-state index is -0.129. The van der Waals surface area contributed by atoms with Gasteiger partial charge in [-0.05, 0) is 42.4 Å². The summed E-state index contributed by atoms with van der Waals surface area (Å²) in [4.78, 5) is 31.4. The summed E-state index contributed by atoms with van der Waals surface area (Å²) in [5, 5.41) is 5.90. The molecule has 4 rings (SSSR count). The van der Waals surface area contributed by atoms with Gasteiger partial charge >= 0.3 is 6.03 Å². The third kappa shape index (κ3) is 4.98. The fourth-order valence-corrected chi connectivity index (χ4v) is 3.89. The number of carbonyl (C=O) groups is 2. The van der Waals surface area contributed by atoms with Crippen molar-refractivity contribution in [2.45, 2.75) is 13.1 Å². The van der Waals surface area contributed by atoms with Gasteiger partial charge in [-0.1, -0.05) is 24.3 Å². The molecule has 0 aromatic heterocycles. The van der Waals surface area contributed by atoms with Crippen LogP contribution in [0, 0.1) is 0 Å². The van der Waals surface area contributed by atoms with Crippen molar-refractivity contribution in [2.75, 3.05) is 51.6 Å². The minimum absolute atomic E-state index is 0.0861. The number of likely N-dealkylation sites (N-methyl/N-ethyl adjacent to an activating group) is 1. The van der Waals surface area contributed by atoms with Crippen LogP contribution in [0.15, 0.2) is 48.5 Å². The Hall–Kier alpha value is -2.90. The summed E-state index contributed by atoms with van der Waals surface area (Å²) >= 11 is 0. The van der Waals surface area contributed by atoms with Crippen molar-refractivity contribution in [3.8, 4) is 0 Å². The van der Waals surface area contributed by atoms with Gasteiger partial charge in [0.1, 0.15) is 0 Å². The Kier molecular flexibility index (Phi) is 6.30. The highest BCUT2D eigenvalue weighted by atomic mass is 16.2. The second-order valence-electron chi connectivity index (χ2n) is 8.03. The summed E-state index contributed by atoms with van der Waals surface area (Å²) in [5.41, 5.74) is 3.66. The lowest BCUT2D eigenvalue weighted by Crippen LogP contribution is -2.46. The molecule has 7 nitrogen and oxygen atoms in total. The smallest absolute Gasteiger partial charge is 0.322 e. The number of urea groups is 1. The average molecular weight is 408 g/mol. The summed E-state index contributed by atoms with van der Waals surface area (Å²) in [6.45, 7) is 6.98. The van der Waals surface area contributed by atoms with Gasteiger partial charge in [0, 0.05) is 63.6 Å². The number of benzene rings is 2. The lowest BCUT2D eigenvalue weighted by atomic mass is 10.1. The molecule has 1 fully saturated rings. The fourth-order valence-electron chi connectivity index (χ4n) is 3.89. The van der Waals surface area contributed by atoms with E-state index < -0.39 is 0 Å². The zero-order valence-corrected chi connectivity index (χ0v) is 17.4. The molecule has 2 N–H and O–H groups in total. The number of hydrogen-bond acceptors (Lipinski definition) is 4. The van der Waals surface area contributed by atoms with Crippen LogP contribution in [-0.2, 0) is 13.1 Å². The highest BCUT2D eigenvalue weighted by Crippen LogP contribution is 2.23. The van der Waals surface area contributed by atoms with E-state index in [0.717, 1.165) is 32.7 Å². The molecule has 0 atom stereocenters. The zero-order valence-electron chi connectivity index (χ0n) is 17.4. The van der Waals surface area contributed by atoms with Crippen LogP contribution in [0.2, 0.25) is 0 Å². The molecule has 158 valence electrons. The zero-order chi connectivity index (χ0) is 20.9. The van der Waals surface area contributed by atoms with Crippen LogP contribution in [0.3, 0.4) is 0 Å². The predicted molar refractivity (Wildman–Crippen MR) is 117 cm³/mol. The SMILES string of the molecule is CN1CCN(CCNC(=O)c2ccc(NC(=O)N3Cc4ccccc4C3)cc2)CC1. The van der Waals surface area contributed by atoms with Crippen LogP contribution in [-0.4, -0.2) is 73.0 Å². The van der Waals surface area contributed by atoms with E-state index in [4.69, 9.17) is 0 Å². The number of hydrogen-bond donors (Lipinski definition) is 2. The molecule has 0 aliphatic carbocycles. The van der Waals surface area contributed by atoms with Gasteiger partial charge in [-0.2, -0.15) is 0 Å². The molecule has 0 spiro atoms. The monoisotopic (exact) mass is 407 g/mol. The van der Waals surface area contributed by atoms with Gasteiger partial charge in [-0.15, -0.1) is 0 Å². The van der Waals surface area contributed by atoms with Crippen molar-refractivity contribution in [2.24, 2.45) is 0 Å². The average Bonchev–Trinajstić information content (AvgIpc) is 3.20. The summed E-state index contributed by atoms with van der Waals surface area (Å²) in [5.74, 6) is -0.0861. The Balaban J connectivity index is 1.23. The van der Waals surface area contributed by atoms with Crippen molar-refractivity contribution >= 4 is 17.6 Å². The van der Waals surface area contributed by atoms with Gasteiger partial charge in [0.15, 0.2) is 0 Å². The van der Waals surface area contributed by atoms with E-state index in [1.54, 1.807) is 29.2 Å². The molecular formula is C23H29N5O2. The molecule has 2 heterocycles. The Labute approximate surface area is 177 Å². The number of fused-ring (bicyclic) bond motifs is 1. The molecule has 30 heavy (non-hydrogen) atoms. The lowest BCUT2D eigenvalue weighted by molar-refractivity contribution is 0.0941. The van der Waals surface area contributed by atoms with Gasteiger partial charge in [0.25, 0.3) is 5.91 Å². The fraction of sp³-hybridized carbons (Fsp3) is 0.391.